The van der Waals surface area contributed by atoms with Crippen molar-refractivity contribution in [2.45, 2.75) is 26.7 Å². The van der Waals surface area contributed by atoms with E-state index < -0.39 is 5.97 Å². The van der Waals surface area contributed by atoms with Crippen LogP contribution < -0.4 is 4.74 Å². The van der Waals surface area contributed by atoms with E-state index in [1.807, 2.05) is 32.0 Å². The lowest BCUT2D eigenvalue weighted by molar-refractivity contribution is -0.136. The van der Waals surface area contributed by atoms with Gasteiger partial charge in [-0.1, -0.05) is 0 Å². The van der Waals surface area contributed by atoms with Crippen LogP contribution in [-0.4, -0.2) is 28.4 Å². The summed E-state index contributed by atoms with van der Waals surface area (Å²) < 4.78 is 5.40. The van der Waals surface area contributed by atoms with Crippen molar-refractivity contribution in [3.8, 4) is 17.0 Å². The number of aromatic nitrogens is 2. The van der Waals surface area contributed by atoms with Crippen LogP contribution in [0.3, 0.4) is 0 Å². The molecule has 0 spiro atoms. The Hall–Kier alpha value is -2.30. The number of aliphatic carboxylic acids is 1. The number of rotatable bonds is 5. The summed E-state index contributed by atoms with van der Waals surface area (Å²) in [5.74, 6) is -0.0469. The van der Waals surface area contributed by atoms with Crippen molar-refractivity contribution < 1.29 is 14.6 Å². The summed E-state index contributed by atoms with van der Waals surface area (Å²) in [6.07, 6.45) is 0.529. The smallest absolute Gasteiger partial charge is 0.303 e. The Balaban J connectivity index is 2.32. The van der Waals surface area contributed by atoms with Crippen LogP contribution in [-0.2, 0) is 11.2 Å². The summed E-state index contributed by atoms with van der Waals surface area (Å²) in [6, 6.07) is 5.89. The molecular weight excluding hydrogens is 256 g/mol. The van der Waals surface area contributed by atoms with Crippen LogP contribution in [0.1, 0.15) is 23.2 Å². The van der Waals surface area contributed by atoms with Gasteiger partial charge in [-0.25, -0.2) is 0 Å². The number of methoxy groups -OCH3 is 1. The van der Waals surface area contributed by atoms with Gasteiger partial charge < -0.3 is 9.84 Å². The molecule has 0 saturated heterocycles. The van der Waals surface area contributed by atoms with Gasteiger partial charge in [0, 0.05) is 11.3 Å². The molecule has 1 heterocycles. The summed E-state index contributed by atoms with van der Waals surface area (Å²) in [6.45, 7) is 4.07. The van der Waals surface area contributed by atoms with E-state index in [-0.39, 0.29) is 6.42 Å². The van der Waals surface area contributed by atoms with E-state index in [9.17, 15) is 4.79 Å². The van der Waals surface area contributed by atoms with E-state index in [0.717, 1.165) is 33.8 Å². The van der Waals surface area contributed by atoms with E-state index >= 15 is 0 Å². The average molecular weight is 274 g/mol. The molecule has 0 unspecified atom stereocenters. The van der Waals surface area contributed by atoms with Crippen molar-refractivity contribution in [2.75, 3.05) is 7.11 Å². The fourth-order valence-electron chi connectivity index (χ4n) is 2.03. The van der Waals surface area contributed by atoms with Crippen molar-refractivity contribution in [3.05, 3.63) is 35.0 Å². The van der Waals surface area contributed by atoms with E-state index in [1.54, 1.807) is 7.11 Å². The molecule has 0 aliphatic heterocycles. The fraction of sp³-hybridized carbons (Fsp3) is 0.333. The number of ether oxygens (including phenoxy) is 1. The fourth-order valence-corrected chi connectivity index (χ4v) is 2.03. The lowest BCUT2D eigenvalue weighted by Crippen LogP contribution is -1.97. The van der Waals surface area contributed by atoms with Crippen LogP contribution in [0.2, 0.25) is 0 Å². The van der Waals surface area contributed by atoms with E-state index in [0.29, 0.717) is 6.42 Å². The minimum atomic E-state index is -0.815. The number of hydrogen-bond donors (Lipinski definition) is 2. The number of aromatic amines is 1. The van der Waals surface area contributed by atoms with Crippen LogP contribution in [0.25, 0.3) is 11.3 Å². The SMILES string of the molecule is COc1cc(C)c(C)cc1-c1cc(CCC(=O)O)[nH]n1. The van der Waals surface area contributed by atoms with Gasteiger partial charge in [0.2, 0.25) is 0 Å². The summed E-state index contributed by atoms with van der Waals surface area (Å²) >= 11 is 0. The molecule has 5 heteroatoms. The van der Waals surface area contributed by atoms with Crippen molar-refractivity contribution in [1.82, 2.24) is 10.2 Å². The molecular formula is C15H18N2O3. The van der Waals surface area contributed by atoms with Crippen LogP contribution in [0, 0.1) is 13.8 Å². The molecule has 1 aromatic heterocycles. The summed E-state index contributed by atoms with van der Waals surface area (Å²) in [4.78, 5) is 10.6. The quantitative estimate of drug-likeness (QED) is 0.879. The molecule has 0 saturated carbocycles. The molecule has 0 fully saturated rings. The number of aryl methyl sites for hydroxylation is 3. The zero-order chi connectivity index (χ0) is 14.7. The number of benzene rings is 1. The highest BCUT2D eigenvalue weighted by Gasteiger charge is 2.12. The first kappa shape index (κ1) is 14.1. The van der Waals surface area contributed by atoms with Gasteiger partial charge in [0.15, 0.2) is 0 Å². The van der Waals surface area contributed by atoms with Crippen LogP contribution in [0.4, 0.5) is 0 Å². The third-order valence-corrected chi connectivity index (χ3v) is 3.33. The molecule has 0 bridgehead atoms. The molecule has 0 aliphatic carbocycles. The first-order chi connectivity index (χ1) is 9.51. The molecule has 2 rings (SSSR count). The molecule has 0 aliphatic rings. The Bertz CT molecular complexity index is 632. The van der Waals surface area contributed by atoms with Crippen molar-refractivity contribution in [2.24, 2.45) is 0 Å². The number of carboxylic acids is 1. The van der Waals surface area contributed by atoms with E-state index in [1.165, 1.54) is 0 Å². The zero-order valence-corrected chi connectivity index (χ0v) is 11.9. The van der Waals surface area contributed by atoms with Crippen LogP contribution in [0.15, 0.2) is 18.2 Å². The Morgan fingerprint density at radius 3 is 2.65 bits per heavy atom. The molecule has 2 aromatic rings. The number of nitrogens with zero attached hydrogens (tertiary/aromatic N) is 1. The number of carbonyl (C=O) groups is 1. The second kappa shape index (κ2) is 5.77. The molecule has 0 atom stereocenters. The van der Waals surface area contributed by atoms with Crippen LogP contribution >= 0.6 is 0 Å². The lowest BCUT2D eigenvalue weighted by Gasteiger charge is -2.09. The first-order valence-corrected chi connectivity index (χ1v) is 6.43. The minimum absolute atomic E-state index is 0.0890. The number of H-pyrrole nitrogens is 1. The maximum Gasteiger partial charge on any atom is 0.303 e. The van der Waals surface area contributed by atoms with Crippen molar-refractivity contribution in [3.63, 3.8) is 0 Å². The predicted octanol–water partition coefficient (Wildman–Crippen LogP) is 2.72. The highest BCUT2D eigenvalue weighted by molar-refractivity contribution is 5.70. The van der Waals surface area contributed by atoms with Gasteiger partial charge in [-0.05, 0) is 49.6 Å². The summed E-state index contributed by atoms with van der Waals surface area (Å²) in [5, 5.41) is 15.8. The van der Waals surface area contributed by atoms with Gasteiger partial charge >= 0.3 is 5.97 Å². The molecule has 0 amide bonds. The first-order valence-electron chi connectivity index (χ1n) is 6.43. The van der Waals surface area contributed by atoms with Gasteiger partial charge in [-0.2, -0.15) is 5.10 Å². The monoisotopic (exact) mass is 274 g/mol. The minimum Gasteiger partial charge on any atom is -0.496 e. The molecule has 5 nitrogen and oxygen atoms in total. The Labute approximate surface area is 117 Å². The number of carboxylic acid groups (broad SMARTS) is 1. The molecule has 0 radical (unpaired) electrons. The van der Waals surface area contributed by atoms with Crippen LogP contribution in [0.5, 0.6) is 5.75 Å². The van der Waals surface area contributed by atoms with Crippen molar-refractivity contribution in [1.29, 1.82) is 0 Å². The Morgan fingerprint density at radius 2 is 2.00 bits per heavy atom. The van der Waals surface area contributed by atoms with E-state index in [4.69, 9.17) is 9.84 Å². The lowest BCUT2D eigenvalue weighted by atomic mass is 10.0. The summed E-state index contributed by atoms with van der Waals surface area (Å²) in [7, 11) is 1.63. The standard InChI is InChI=1S/C15H18N2O3/c1-9-6-12(14(20-3)7-10(9)2)13-8-11(16-17-13)4-5-15(18)19/h6-8H,4-5H2,1-3H3,(H,16,17)(H,18,19). The number of nitrogens with one attached hydrogen (secondary N) is 1. The zero-order valence-electron chi connectivity index (χ0n) is 11.9. The molecule has 2 N–H and O–H groups in total. The Morgan fingerprint density at radius 1 is 1.30 bits per heavy atom. The normalized spacial score (nSPS) is 10.6. The highest BCUT2D eigenvalue weighted by Crippen LogP contribution is 2.31. The molecule has 1 aromatic carbocycles. The van der Waals surface area contributed by atoms with Gasteiger partial charge in [0.05, 0.1) is 19.2 Å². The average Bonchev–Trinajstić information content (AvgIpc) is 2.87. The maximum atomic E-state index is 10.6. The van der Waals surface area contributed by atoms with Gasteiger partial charge in [0.1, 0.15) is 5.75 Å². The maximum absolute atomic E-state index is 10.6. The Kier molecular flexibility index (Phi) is 4.08. The van der Waals surface area contributed by atoms with Crippen molar-refractivity contribution >= 4 is 5.97 Å². The van der Waals surface area contributed by atoms with E-state index in [2.05, 4.69) is 10.2 Å². The highest BCUT2D eigenvalue weighted by atomic mass is 16.5. The second-order valence-corrected chi connectivity index (χ2v) is 4.81. The topological polar surface area (TPSA) is 75.2 Å². The number of hydrogen-bond acceptors (Lipinski definition) is 3. The van der Waals surface area contributed by atoms with Gasteiger partial charge in [0.25, 0.3) is 0 Å². The third-order valence-electron chi connectivity index (χ3n) is 3.33. The molecule has 20 heavy (non-hydrogen) atoms. The largest absolute Gasteiger partial charge is 0.496 e. The van der Waals surface area contributed by atoms with Gasteiger partial charge in [-0.15, -0.1) is 0 Å². The third kappa shape index (κ3) is 2.99. The summed E-state index contributed by atoms with van der Waals surface area (Å²) in [5.41, 5.74) is 4.81. The molecule has 106 valence electrons. The second-order valence-electron chi connectivity index (χ2n) is 4.81. The van der Waals surface area contributed by atoms with Gasteiger partial charge in [-0.3, -0.25) is 9.89 Å². The predicted molar refractivity (Wildman–Crippen MR) is 76.0 cm³/mol.